The van der Waals surface area contributed by atoms with Crippen molar-refractivity contribution in [2.75, 3.05) is 0 Å². The van der Waals surface area contributed by atoms with E-state index in [1.165, 1.54) is 0 Å². The zero-order chi connectivity index (χ0) is 12.4. The molecule has 3 rings (SSSR count). The monoisotopic (exact) mass is 240 g/mol. The number of carbonyl (C=O) groups is 1. The highest BCUT2D eigenvalue weighted by Crippen LogP contribution is 2.15. The van der Waals surface area contributed by atoms with Gasteiger partial charge >= 0.3 is 0 Å². The number of aromatic amines is 1. The minimum atomic E-state index is 0.0202. The number of hydrogen-bond donors (Lipinski definition) is 2. The maximum Gasteiger partial charge on any atom is 0.251 e. The van der Waals surface area contributed by atoms with E-state index >= 15 is 0 Å². The zero-order valence-corrected chi connectivity index (χ0v) is 10.1. The number of hydrogen-bond acceptors (Lipinski definition) is 1. The van der Waals surface area contributed by atoms with Crippen molar-refractivity contribution in [2.24, 2.45) is 0 Å². The van der Waals surface area contributed by atoms with Crippen LogP contribution in [0.15, 0.2) is 42.6 Å². The Morgan fingerprint density at radius 2 is 2.22 bits per heavy atom. The van der Waals surface area contributed by atoms with Gasteiger partial charge in [-0.1, -0.05) is 18.2 Å². The number of benzene rings is 1. The second kappa shape index (κ2) is 4.69. The van der Waals surface area contributed by atoms with Gasteiger partial charge < -0.3 is 10.3 Å². The van der Waals surface area contributed by atoms with Gasteiger partial charge in [-0.05, 0) is 42.8 Å². The topological polar surface area (TPSA) is 44.9 Å². The molecule has 0 radical (unpaired) electrons. The standard InChI is InChI=1S/C15H16N2O/c18-15(17-13-4-2-1-3-5-13)12-7-6-11-8-9-16-14(11)10-12/h1-2,6-10,13,16H,3-5H2,(H,17,18). The smallest absolute Gasteiger partial charge is 0.251 e. The highest BCUT2D eigenvalue weighted by molar-refractivity contribution is 5.98. The van der Waals surface area contributed by atoms with E-state index in [0.717, 1.165) is 35.7 Å². The summed E-state index contributed by atoms with van der Waals surface area (Å²) in [6.45, 7) is 0. The van der Waals surface area contributed by atoms with E-state index < -0.39 is 0 Å². The molecule has 1 heterocycles. The predicted octanol–water partition coefficient (Wildman–Crippen LogP) is 3.01. The van der Waals surface area contributed by atoms with Crippen LogP contribution in [0.3, 0.4) is 0 Å². The molecular weight excluding hydrogens is 224 g/mol. The SMILES string of the molecule is O=C(NC1CC=CCC1)c1ccc2cc[nH]c2c1. The first-order chi connectivity index (χ1) is 8.83. The van der Waals surface area contributed by atoms with Crippen molar-refractivity contribution in [3.8, 4) is 0 Å². The first-order valence-electron chi connectivity index (χ1n) is 6.36. The van der Waals surface area contributed by atoms with Crippen LogP contribution in [0, 0.1) is 0 Å². The molecule has 1 aromatic carbocycles. The molecule has 1 amide bonds. The summed E-state index contributed by atoms with van der Waals surface area (Å²) in [5.74, 6) is 0.0202. The van der Waals surface area contributed by atoms with Crippen LogP contribution in [0.4, 0.5) is 0 Å². The second-order valence-electron chi connectivity index (χ2n) is 4.73. The third kappa shape index (κ3) is 2.16. The van der Waals surface area contributed by atoms with E-state index in [1.807, 2.05) is 30.5 Å². The molecule has 2 N–H and O–H groups in total. The van der Waals surface area contributed by atoms with Gasteiger partial charge in [0.15, 0.2) is 0 Å². The first-order valence-corrected chi connectivity index (χ1v) is 6.36. The minimum absolute atomic E-state index is 0.0202. The molecule has 0 bridgehead atoms. The molecule has 0 aliphatic heterocycles. The van der Waals surface area contributed by atoms with Gasteiger partial charge in [0, 0.05) is 23.3 Å². The molecule has 1 aromatic heterocycles. The van der Waals surface area contributed by atoms with Crippen LogP contribution in [0.2, 0.25) is 0 Å². The van der Waals surface area contributed by atoms with Crippen LogP contribution in [-0.2, 0) is 0 Å². The fourth-order valence-electron chi connectivity index (χ4n) is 2.38. The summed E-state index contributed by atoms with van der Waals surface area (Å²) < 4.78 is 0. The summed E-state index contributed by atoms with van der Waals surface area (Å²) in [7, 11) is 0. The van der Waals surface area contributed by atoms with E-state index in [4.69, 9.17) is 0 Å². The number of nitrogens with one attached hydrogen (secondary N) is 2. The minimum Gasteiger partial charge on any atom is -0.361 e. The lowest BCUT2D eigenvalue weighted by Crippen LogP contribution is -2.35. The summed E-state index contributed by atoms with van der Waals surface area (Å²) in [6, 6.07) is 8.04. The molecule has 18 heavy (non-hydrogen) atoms. The van der Waals surface area contributed by atoms with Gasteiger partial charge in [0.25, 0.3) is 5.91 Å². The Morgan fingerprint density at radius 1 is 1.28 bits per heavy atom. The van der Waals surface area contributed by atoms with E-state index in [2.05, 4.69) is 22.5 Å². The van der Waals surface area contributed by atoms with Crippen molar-refractivity contribution >= 4 is 16.8 Å². The molecule has 0 fully saturated rings. The van der Waals surface area contributed by atoms with Crippen molar-refractivity contribution in [1.82, 2.24) is 10.3 Å². The van der Waals surface area contributed by atoms with Crippen LogP contribution < -0.4 is 5.32 Å². The Hall–Kier alpha value is -2.03. The third-order valence-electron chi connectivity index (χ3n) is 3.42. The van der Waals surface area contributed by atoms with Gasteiger partial charge in [0.2, 0.25) is 0 Å². The summed E-state index contributed by atoms with van der Waals surface area (Å²) in [4.78, 5) is 15.3. The fraction of sp³-hybridized carbons (Fsp3) is 0.267. The highest BCUT2D eigenvalue weighted by Gasteiger charge is 2.14. The molecule has 3 heteroatoms. The van der Waals surface area contributed by atoms with Crippen LogP contribution >= 0.6 is 0 Å². The molecule has 1 aliphatic carbocycles. The molecule has 2 aromatic rings. The van der Waals surface area contributed by atoms with E-state index in [0.29, 0.717) is 0 Å². The molecule has 0 spiro atoms. The average molecular weight is 240 g/mol. The Kier molecular flexibility index (Phi) is 2.89. The van der Waals surface area contributed by atoms with Crippen molar-refractivity contribution < 1.29 is 4.79 Å². The summed E-state index contributed by atoms with van der Waals surface area (Å²) >= 11 is 0. The number of carbonyl (C=O) groups excluding carboxylic acids is 1. The molecule has 0 saturated heterocycles. The van der Waals surface area contributed by atoms with Crippen LogP contribution in [0.1, 0.15) is 29.6 Å². The van der Waals surface area contributed by atoms with Crippen LogP contribution in [0.5, 0.6) is 0 Å². The van der Waals surface area contributed by atoms with Crippen molar-refractivity contribution in [3.05, 3.63) is 48.2 Å². The molecule has 1 aliphatic rings. The maximum atomic E-state index is 12.1. The highest BCUT2D eigenvalue weighted by atomic mass is 16.1. The fourth-order valence-corrected chi connectivity index (χ4v) is 2.38. The van der Waals surface area contributed by atoms with Gasteiger partial charge in [0.05, 0.1) is 0 Å². The number of rotatable bonds is 2. The Morgan fingerprint density at radius 3 is 3.06 bits per heavy atom. The van der Waals surface area contributed by atoms with Gasteiger partial charge in [-0.25, -0.2) is 0 Å². The average Bonchev–Trinajstić information content (AvgIpc) is 2.87. The van der Waals surface area contributed by atoms with E-state index in [1.54, 1.807) is 0 Å². The summed E-state index contributed by atoms with van der Waals surface area (Å²) in [5, 5.41) is 4.22. The molecular formula is C15H16N2O. The van der Waals surface area contributed by atoms with Crippen molar-refractivity contribution in [1.29, 1.82) is 0 Å². The maximum absolute atomic E-state index is 12.1. The zero-order valence-electron chi connectivity index (χ0n) is 10.1. The van der Waals surface area contributed by atoms with E-state index in [-0.39, 0.29) is 11.9 Å². The van der Waals surface area contributed by atoms with Crippen molar-refractivity contribution in [3.63, 3.8) is 0 Å². The third-order valence-corrected chi connectivity index (χ3v) is 3.42. The summed E-state index contributed by atoms with van der Waals surface area (Å²) in [5.41, 5.74) is 1.73. The lowest BCUT2D eigenvalue weighted by atomic mass is 10.0. The number of amides is 1. The number of allylic oxidation sites excluding steroid dienone is 1. The molecule has 0 saturated carbocycles. The molecule has 3 nitrogen and oxygen atoms in total. The van der Waals surface area contributed by atoms with Gasteiger partial charge in [-0.15, -0.1) is 0 Å². The number of H-pyrrole nitrogens is 1. The van der Waals surface area contributed by atoms with Crippen molar-refractivity contribution in [2.45, 2.75) is 25.3 Å². The second-order valence-corrected chi connectivity index (χ2v) is 4.73. The van der Waals surface area contributed by atoms with Gasteiger partial charge in [-0.2, -0.15) is 0 Å². The Bertz CT molecular complexity index is 597. The molecule has 1 atom stereocenters. The van der Waals surface area contributed by atoms with E-state index in [9.17, 15) is 4.79 Å². The van der Waals surface area contributed by atoms with Crippen LogP contribution in [-0.4, -0.2) is 16.9 Å². The summed E-state index contributed by atoms with van der Waals surface area (Å²) in [6.07, 6.45) is 9.23. The van der Waals surface area contributed by atoms with Gasteiger partial charge in [-0.3, -0.25) is 4.79 Å². The quantitative estimate of drug-likeness (QED) is 0.779. The normalized spacial score (nSPS) is 19.0. The largest absolute Gasteiger partial charge is 0.361 e. The Balaban J connectivity index is 1.76. The number of fused-ring (bicyclic) bond motifs is 1. The van der Waals surface area contributed by atoms with Gasteiger partial charge in [0.1, 0.15) is 0 Å². The Labute approximate surface area is 106 Å². The lowest BCUT2D eigenvalue weighted by Gasteiger charge is -2.19. The first kappa shape index (κ1) is 11.1. The predicted molar refractivity (Wildman–Crippen MR) is 72.5 cm³/mol. The van der Waals surface area contributed by atoms with Crippen LogP contribution in [0.25, 0.3) is 10.9 Å². The molecule has 1 unspecified atom stereocenters. The lowest BCUT2D eigenvalue weighted by molar-refractivity contribution is 0.0935. The molecule has 92 valence electrons. The number of aromatic nitrogens is 1.